The van der Waals surface area contributed by atoms with Gasteiger partial charge in [0.25, 0.3) is 5.91 Å². The summed E-state index contributed by atoms with van der Waals surface area (Å²) in [5.74, 6) is -0.674. The van der Waals surface area contributed by atoms with Gasteiger partial charge in [0.05, 0.1) is 5.69 Å². The number of carbonyl (C=O) groups is 1. The van der Waals surface area contributed by atoms with Crippen LogP contribution in [-0.4, -0.2) is 22.7 Å². The minimum absolute atomic E-state index is 0.0111. The van der Waals surface area contributed by atoms with Crippen LogP contribution >= 0.6 is 0 Å². The highest BCUT2D eigenvalue weighted by Gasteiger charge is 2.15. The number of carbonyl (C=O) groups excluding carboxylic acids is 1. The molecule has 0 spiro atoms. The second-order valence-electron chi connectivity index (χ2n) is 5.56. The predicted octanol–water partition coefficient (Wildman–Crippen LogP) is 3.48. The van der Waals surface area contributed by atoms with Crippen LogP contribution in [0.15, 0.2) is 48.8 Å². The maximum Gasteiger partial charge on any atom is 0.274 e. The number of aromatic nitrogens is 2. The molecule has 0 saturated heterocycles. The summed E-state index contributed by atoms with van der Waals surface area (Å²) < 4.78 is 37.2. The van der Waals surface area contributed by atoms with Gasteiger partial charge in [-0.25, -0.2) is 18.7 Å². The zero-order chi connectivity index (χ0) is 18.8. The molecule has 2 heterocycles. The molecule has 0 aliphatic carbocycles. The third kappa shape index (κ3) is 3.61. The topological polar surface area (TPSA) is 85.4 Å². The van der Waals surface area contributed by atoms with E-state index >= 15 is 0 Å². The SMILES string of the molecule is O=C(Nc1ccc(F)cc1F)c1cc(Nc2ccc3c(c2)OCO3)ncn1. The van der Waals surface area contributed by atoms with E-state index in [1.165, 1.54) is 12.4 Å². The second-order valence-corrected chi connectivity index (χ2v) is 5.56. The molecule has 1 aliphatic heterocycles. The molecule has 3 aromatic rings. The summed E-state index contributed by atoms with van der Waals surface area (Å²) in [6, 6.07) is 9.52. The molecule has 0 atom stereocenters. The van der Waals surface area contributed by atoms with Crippen molar-refractivity contribution >= 4 is 23.1 Å². The van der Waals surface area contributed by atoms with Gasteiger partial charge in [-0.3, -0.25) is 4.79 Å². The first-order chi connectivity index (χ1) is 13.1. The monoisotopic (exact) mass is 370 g/mol. The van der Waals surface area contributed by atoms with Crippen molar-refractivity contribution in [2.24, 2.45) is 0 Å². The Morgan fingerprint density at radius 2 is 1.85 bits per heavy atom. The molecule has 2 N–H and O–H groups in total. The Labute approximate surface area is 152 Å². The number of amides is 1. The molecule has 0 unspecified atom stereocenters. The van der Waals surface area contributed by atoms with Crippen molar-refractivity contribution in [2.45, 2.75) is 0 Å². The van der Waals surface area contributed by atoms with E-state index in [9.17, 15) is 13.6 Å². The van der Waals surface area contributed by atoms with Crippen molar-refractivity contribution in [3.8, 4) is 11.5 Å². The van der Waals surface area contributed by atoms with Crippen LogP contribution in [0.5, 0.6) is 11.5 Å². The van der Waals surface area contributed by atoms with E-state index in [1.54, 1.807) is 18.2 Å². The van der Waals surface area contributed by atoms with Crippen LogP contribution in [-0.2, 0) is 0 Å². The van der Waals surface area contributed by atoms with Gasteiger partial charge in [-0.05, 0) is 24.3 Å². The summed E-state index contributed by atoms with van der Waals surface area (Å²) in [5.41, 5.74) is 0.538. The first-order valence-corrected chi connectivity index (χ1v) is 7.83. The molecule has 2 aromatic carbocycles. The van der Waals surface area contributed by atoms with Crippen LogP contribution in [0.4, 0.5) is 26.0 Å². The van der Waals surface area contributed by atoms with E-state index in [1.807, 2.05) is 0 Å². The summed E-state index contributed by atoms with van der Waals surface area (Å²) in [6.07, 6.45) is 1.20. The number of hydrogen-bond acceptors (Lipinski definition) is 6. The fourth-order valence-electron chi connectivity index (χ4n) is 2.45. The Bertz CT molecular complexity index is 1030. The lowest BCUT2D eigenvalue weighted by Crippen LogP contribution is -2.15. The zero-order valence-corrected chi connectivity index (χ0v) is 13.7. The quantitative estimate of drug-likeness (QED) is 0.731. The van der Waals surface area contributed by atoms with Crippen molar-refractivity contribution in [1.29, 1.82) is 0 Å². The summed E-state index contributed by atoms with van der Waals surface area (Å²) in [4.78, 5) is 20.2. The van der Waals surface area contributed by atoms with E-state index in [-0.39, 0.29) is 18.2 Å². The Kier molecular flexibility index (Phi) is 4.25. The fraction of sp³-hybridized carbons (Fsp3) is 0.0556. The van der Waals surface area contributed by atoms with Gasteiger partial charge in [0.1, 0.15) is 29.5 Å². The number of benzene rings is 2. The van der Waals surface area contributed by atoms with Crippen molar-refractivity contribution in [3.05, 3.63) is 66.1 Å². The fourth-order valence-corrected chi connectivity index (χ4v) is 2.45. The molecule has 1 aliphatic rings. The number of fused-ring (bicyclic) bond motifs is 1. The Balaban J connectivity index is 1.51. The highest BCUT2D eigenvalue weighted by Crippen LogP contribution is 2.34. The van der Waals surface area contributed by atoms with Gasteiger partial charge in [0.2, 0.25) is 6.79 Å². The number of nitrogens with one attached hydrogen (secondary N) is 2. The lowest BCUT2D eigenvalue weighted by atomic mass is 10.2. The Morgan fingerprint density at radius 3 is 2.70 bits per heavy atom. The molecule has 136 valence electrons. The lowest BCUT2D eigenvalue weighted by Gasteiger charge is -2.09. The number of rotatable bonds is 4. The maximum atomic E-state index is 13.7. The normalized spacial score (nSPS) is 11.9. The molecule has 4 rings (SSSR count). The summed E-state index contributed by atoms with van der Waals surface area (Å²) >= 11 is 0. The van der Waals surface area contributed by atoms with Gasteiger partial charge < -0.3 is 20.1 Å². The number of ether oxygens (including phenoxy) is 2. The third-order valence-electron chi connectivity index (χ3n) is 3.72. The molecule has 0 fully saturated rings. The van der Waals surface area contributed by atoms with Crippen molar-refractivity contribution in [1.82, 2.24) is 9.97 Å². The first-order valence-electron chi connectivity index (χ1n) is 7.83. The summed E-state index contributed by atoms with van der Waals surface area (Å²) in [6.45, 7) is 0.163. The molecule has 0 radical (unpaired) electrons. The number of anilines is 3. The number of halogens is 2. The molecule has 7 nitrogen and oxygen atoms in total. The minimum atomic E-state index is -0.879. The summed E-state index contributed by atoms with van der Waals surface area (Å²) in [5, 5.41) is 5.36. The van der Waals surface area contributed by atoms with Gasteiger partial charge in [0.15, 0.2) is 11.5 Å². The minimum Gasteiger partial charge on any atom is -0.454 e. The van der Waals surface area contributed by atoms with Crippen LogP contribution < -0.4 is 20.1 Å². The molecular weight excluding hydrogens is 358 g/mol. The van der Waals surface area contributed by atoms with Crippen LogP contribution in [0.1, 0.15) is 10.5 Å². The molecule has 1 aromatic heterocycles. The number of hydrogen-bond donors (Lipinski definition) is 2. The lowest BCUT2D eigenvalue weighted by molar-refractivity contribution is 0.102. The van der Waals surface area contributed by atoms with Crippen molar-refractivity contribution in [3.63, 3.8) is 0 Å². The van der Waals surface area contributed by atoms with E-state index in [4.69, 9.17) is 9.47 Å². The third-order valence-corrected chi connectivity index (χ3v) is 3.72. The van der Waals surface area contributed by atoms with Crippen LogP contribution in [0.25, 0.3) is 0 Å². The smallest absolute Gasteiger partial charge is 0.274 e. The molecule has 1 amide bonds. The maximum absolute atomic E-state index is 13.7. The predicted molar refractivity (Wildman–Crippen MR) is 92.2 cm³/mol. The van der Waals surface area contributed by atoms with E-state index < -0.39 is 17.5 Å². The standard InChI is InChI=1S/C18H12F2N4O3/c19-10-1-3-13(12(20)5-10)24-18(25)14-7-17(22-8-21-14)23-11-2-4-15-16(6-11)27-9-26-15/h1-8H,9H2,(H,24,25)(H,21,22,23). The summed E-state index contributed by atoms with van der Waals surface area (Å²) in [7, 11) is 0. The van der Waals surface area contributed by atoms with E-state index in [0.29, 0.717) is 29.1 Å². The van der Waals surface area contributed by atoms with Gasteiger partial charge in [0, 0.05) is 23.9 Å². The van der Waals surface area contributed by atoms with Crippen LogP contribution in [0.2, 0.25) is 0 Å². The van der Waals surface area contributed by atoms with Crippen LogP contribution in [0, 0.1) is 11.6 Å². The first kappa shape index (κ1) is 16.7. The van der Waals surface area contributed by atoms with E-state index in [0.717, 1.165) is 12.1 Å². The molecule has 0 saturated carbocycles. The molecule has 27 heavy (non-hydrogen) atoms. The van der Waals surface area contributed by atoms with Crippen LogP contribution in [0.3, 0.4) is 0 Å². The Morgan fingerprint density at radius 1 is 1.00 bits per heavy atom. The largest absolute Gasteiger partial charge is 0.454 e. The number of nitrogens with zero attached hydrogens (tertiary/aromatic N) is 2. The molecule has 0 bridgehead atoms. The second kappa shape index (κ2) is 6.87. The average Bonchev–Trinajstić information content (AvgIpc) is 3.12. The van der Waals surface area contributed by atoms with Crippen molar-refractivity contribution in [2.75, 3.05) is 17.4 Å². The van der Waals surface area contributed by atoms with Gasteiger partial charge in [-0.2, -0.15) is 0 Å². The van der Waals surface area contributed by atoms with Crippen molar-refractivity contribution < 1.29 is 23.0 Å². The van der Waals surface area contributed by atoms with Gasteiger partial charge >= 0.3 is 0 Å². The molecular formula is C18H12F2N4O3. The highest BCUT2D eigenvalue weighted by atomic mass is 19.1. The highest BCUT2D eigenvalue weighted by molar-refractivity contribution is 6.03. The van der Waals surface area contributed by atoms with Gasteiger partial charge in [-0.15, -0.1) is 0 Å². The van der Waals surface area contributed by atoms with Gasteiger partial charge in [-0.1, -0.05) is 0 Å². The zero-order valence-electron chi connectivity index (χ0n) is 13.7. The Hall–Kier alpha value is -3.75. The average molecular weight is 370 g/mol. The molecule has 9 heteroatoms. The van der Waals surface area contributed by atoms with E-state index in [2.05, 4.69) is 20.6 Å².